The highest BCUT2D eigenvalue weighted by Gasteiger charge is 1.80. The van der Waals surface area contributed by atoms with Crippen molar-refractivity contribution in [2.75, 3.05) is 13.1 Å². The molecule has 0 aromatic heterocycles. The third-order valence-corrected chi connectivity index (χ3v) is 1.23. The fourth-order valence-electron chi connectivity index (χ4n) is 0.664. The predicted octanol–water partition coefficient (Wildman–Crippen LogP) is 2.28. The maximum Gasteiger partial charge on any atom is -0.00775 e. The van der Waals surface area contributed by atoms with Gasteiger partial charge in [0.1, 0.15) is 0 Å². The van der Waals surface area contributed by atoms with Gasteiger partial charge < -0.3 is 5.32 Å². The molecule has 0 unspecified atom stereocenters. The first-order chi connectivity index (χ1) is 5.31. The maximum atomic E-state index is 3.68. The van der Waals surface area contributed by atoms with E-state index in [-0.39, 0.29) is 0 Å². The molecule has 0 aliphatic heterocycles. The number of nitrogens with one attached hydrogen (secondary N) is 1. The van der Waals surface area contributed by atoms with E-state index in [4.69, 9.17) is 0 Å². The van der Waals surface area contributed by atoms with Crippen molar-refractivity contribution in [2.24, 2.45) is 0 Å². The lowest BCUT2D eigenvalue weighted by atomic mass is 10.4. The van der Waals surface area contributed by atoms with Crippen LogP contribution in [-0.2, 0) is 0 Å². The van der Waals surface area contributed by atoms with Crippen LogP contribution >= 0.6 is 0 Å². The summed E-state index contributed by atoms with van der Waals surface area (Å²) >= 11 is 0. The first kappa shape index (κ1) is 10.2. The van der Waals surface area contributed by atoms with E-state index in [0.29, 0.717) is 0 Å². The summed E-state index contributed by atoms with van der Waals surface area (Å²) in [6.07, 6.45) is 7.89. The van der Waals surface area contributed by atoms with Crippen LogP contribution in [0.4, 0.5) is 0 Å². The fourth-order valence-corrected chi connectivity index (χ4v) is 0.664. The molecule has 0 bridgehead atoms. The molecule has 0 atom stereocenters. The number of rotatable bonds is 2. The Morgan fingerprint density at radius 2 is 1.64 bits per heavy atom. The Bertz CT molecular complexity index is 138. The number of hydrogen-bond donors (Lipinski definition) is 1. The van der Waals surface area contributed by atoms with Crippen LogP contribution in [0.2, 0.25) is 0 Å². The van der Waals surface area contributed by atoms with E-state index in [1.807, 2.05) is 24.3 Å². The Kier molecular flexibility index (Phi) is 6.75. The van der Waals surface area contributed by atoms with E-state index in [1.165, 1.54) is 0 Å². The third kappa shape index (κ3) is 7.07. The van der Waals surface area contributed by atoms with E-state index < -0.39 is 0 Å². The monoisotopic (exact) mass is 151 g/mol. The summed E-state index contributed by atoms with van der Waals surface area (Å²) in [7, 11) is 0. The molecule has 0 fully saturated rings. The van der Waals surface area contributed by atoms with Crippen LogP contribution < -0.4 is 5.32 Å². The second-order valence-electron chi connectivity index (χ2n) is 2.25. The molecule has 1 N–H and O–H groups in total. The lowest BCUT2D eigenvalue weighted by Gasteiger charge is -1.86. The van der Waals surface area contributed by atoms with Crippen molar-refractivity contribution in [1.29, 1.82) is 0 Å². The van der Waals surface area contributed by atoms with Crippen LogP contribution in [0.25, 0.3) is 0 Å². The van der Waals surface area contributed by atoms with Gasteiger partial charge in [0.05, 0.1) is 0 Å². The highest BCUT2D eigenvalue weighted by atomic mass is 14.8. The molecule has 1 rings (SSSR count). The normalized spacial score (nSPS) is 13.1. The molecule has 62 valence electrons. The van der Waals surface area contributed by atoms with Gasteiger partial charge in [0, 0.05) is 0 Å². The molecule has 1 aliphatic carbocycles. The molecule has 0 saturated carbocycles. The predicted molar refractivity (Wildman–Crippen MR) is 51.6 cm³/mol. The molecule has 11 heavy (non-hydrogen) atoms. The van der Waals surface area contributed by atoms with Gasteiger partial charge in [-0.25, -0.2) is 0 Å². The van der Waals surface area contributed by atoms with Crippen LogP contribution in [0, 0.1) is 0 Å². The molecule has 0 aromatic carbocycles. The Balaban J connectivity index is 0.000000187. The molecule has 1 heteroatoms. The highest BCUT2D eigenvalue weighted by molar-refractivity contribution is 5.37. The summed E-state index contributed by atoms with van der Waals surface area (Å²) in [6, 6.07) is 0. The van der Waals surface area contributed by atoms with Crippen molar-refractivity contribution in [3.05, 3.63) is 36.5 Å². The van der Waals surface area contributed by atoms with Crippen molar-refractivity contribution in [3.63, 3.8) is 0 Å². The third-order valence-electron chi connectivity index (χ3n) is 1.23. The van der Waals surface area contributed by atoms with Gasteiger partial charge in [-0.15, -0.1) is 0 Å². The Morgan fingerprint density at radius 3 is 1.73 bits per heavy atom. The molecule has 0 amide bonds. The Morgan fingerprint density at radius 1 is 1.18 bits per heavy atom. The lowest BCUT2D eigenvalue weighted by Crippen LogP contribution is -2.09. The van der Waals surface area contributed by atoms with Gasteiger partial charge >= 0.3 is 0 Å². The largest absolute Gasteiger partial charge is 0.317 e. The standard InChI is InChI=1S/C6H6.C4H11N/c1-6-4-2-3-5-6;1-3-5-4-2/h2-5H,1H2;5H,3-4H2,1-2H3. The maximum absolute atomic E-state index is 3.68. The van der Waals surface area contributed by atoms with Gasteiger partial charge in [0.25, 0.3) is 0 Å². The topological polar surface area (TPSA) is 12.0 Å². The van der Waals surface area contributed by atoms with Crippen LogP contribution in [-0.4, -0.2) is 13.1 Å². The zero-order valence-electron chi connectivity index (χ0n) is 7.43. The van der Waals surface area contributed by atoms with E-state index in [1.54, 1.807) is 0 Å². The first-order valence-electron chi connectivity index (χ1n) is 4.05. The van der Waals surface area contributed by atoms with Gasteiger partial charge in [0.15, 0.2) is 0 Å². The van der Waals surface area contributed by atoms with Crippen LogP contribution in [0.5, 0.6) is 0 Å². The summed E-state index contributed by atoms with van der Waals surface area (Å²) in [4.78, 5) is 0. The lowest BCUT2D eigenvalue weighted by molar-refractivity contribution is 0.762. The fraction of sp³-hybridized carbons (Fsp3) is 0.400. The van der Waals surface area contributed by atoms with E-state index in [9.17, 15) is 0 Å². The van der Waals surface area contributed by atoms with Crippen molar-refractivity contribution >= 4 is 0 Å². The Hall–Kier alpha value is -0.820. The molecule has 1 aliphatic rings. The smallest absolute Gasteiger partial charge is 0.00775 e. The Labute approximate surface area is 69.5 Å². The highest BCUT2D eigenvalue weighted by Crippen LogP contribution is 2.01. The number of allylic oxidation sites excluding steroid dienone is 5. The molecule has 0 radical (unpaired) electrons. The SMILES string of the molecule is C=C1C=CC=C1.CCNCC. The molecule has 0 spiro atoms. The van der Waals surface area contributed by atoms with Gasteiger partial charge in [-0.2, -0.15) is 0 Å². The molecule has 0 saturated heterocycles. The average molecular weight is 151 g/mol. The van der Waals surface area contributed by atoms with E-state index in [0.717, 1.165) is 18.7 Å². The van der Waals surface area contributed by atoms with E-state index >= 15 is 0 Å². The van der Waals surface area contributed by atoms with Crippen molar-refractivity contribution < 1.29 is 0 Å². The molecular weight excluding hydrogens is 134 g/mol. The zero-order valence-corrected chi connectivity index (χ0v) is 7.43. The minimum absolute atomic E-state index is 1.09. The minimum atomic E-state index is 1.09. The van der Waals surface area contributed by atoms with Crippen LogP contribution in [0.15, 0.2) is 36.5 Å². The summed E-state index contributed by atoms with van der Waals surface area (Å²) < 4.78 is 0. The summed E-state index contributed by atoms with van der Waals surface area (Å²) in [5, 5.41) is 3.11. The van der Waals surface area contributed by atoms with Crippen molar-refractivity contribution in [1.82, 2.24) is 5.32 Å². The molecular formula is C10H17N. The summed E-state index contributed by atoms with van der Waals surface area (Å²) in [5.41, 5.74) is 1.09. The molecule has 0 aromatic rings. The van der Waals surface area contributed by atoms with Gasteiger partial charge in [-0.1, -0.05) is 44.7 Å². The number of hydrogen-bond acceptors (Lipinski definition) is 1. The molecule has 1 nitrogen and oxygen atoms in total. The average Bonchev–Trinajstić information content (AvgIpc) is 2.43. The van der Waals surface area contributed by atoms with Gasteiger partial charge in [0.2, 0.25) is 0 Å². The van der Waals surface area contributed by atoms with Gasteiger partial charge in [-0.3, -0.25) is 0 Å². The van der Waals surface area contributed by atoms with Crippen molar-refractivity contribution in [2.45, 2.75) is 13.8 Å². The quantitative estimate of drug-likeness (QED) is 0.638. The summed E-state index contributed by atoms with van der Waals surface area (Å²) in [5.74, 6) is 0. The second-order valence-corrected chi connectivity index (χ2v) is 2.25. The summed E-state index contributed by atoms with van der Waals surface area (Å²) in [6.45, 7) is 10.1. The second kappa shape index (κ2) is 7.29. The van der Waals surface area contributed by atoms with E-state index in [2.05, 4.69) is 25.7 Å². The molecule has 0 heterocycles. The zero-order chi connectivity index (χ0) is 8.53. The van der Waals surface area contributed by atoms with Crippen LogP contribution in [0.1, 0.15) is 13.8 Å². The minimum Gasteiger partial charge on any atom is -0.317 e. The van der Waals surface area contributed by atoms with Crippen LogP contribution in [0.3, 0.4) is 0 Å². The van der Waals surface area contributed by atoms with Crippen molar-refractivity contribution in [3.8, 4) is 0 Å². The van der Waals surface area contributed by atoms with Gasteiger partial charge in [-0.05, 0) is 18.7 Å². The first-order valence-corrected chi connectivity index (χ1v) is 4.05.